The molecule has 1 aromatic rings. The van der Waals surface area contributed by atoms with Crippen LogP contribution in [0.2, 0.25) is 0 Å². The topological polar surface area (TPSA) is 64.9 Å². The molecule has 0 aliphatic heterocycles. The van der Waals surface area contributed by atoms with Crippen molar-refractivity contribution in [3.05, 3.63) is 23.9 Å². The van der Waals surface area contributed by atoms with Crippen molar-refractivity contribution in [3.8, 4) is 0 Å². The van der Waals surface area contributed by atoms with E-state index in [4.69, 9.17) is 11.5 Å². The first-order valence-corrected chi connectivity index (χ1v) is 4.86. The SMILES string of the molecule is CC(C)(C)C(N)Cc1cccnc1N. The molecular weight excluding hydrogens is 174 g/mol. The zero-order valence-electron chi connectivity index (χ0n) is 9.12. The van der Waals surface area contributed by atoms with E-state index in [1.807, 2.05) is 12.1 Å². The van der Waals surface area contributed by atoms with Crippen LogP contribution in [-0.4, -0.2) is 11.0 Å². The number of hydrogen-bond acceptors (Lipinski definition) is 3. The van der Waals surface area contributed by atoms with Crippen molar-refractivity contribution in [2.24, 2.45) is 11.1 Å². The minimum absolute atomic E-state index is 0.0995. The van der Waals surface area contributed by atoms with Crippen LogP contribution in [0.15, 0.2) is 18.3 Å². The molecule has 1 atom stereocenters. The molecule has 0 fully saturated rings. The second kappa shape index (κ2) is 3.96. The molecule has 14 heavy (non-hydrogen) atoms. The Bertz CT molecular complexity index is 302. The van der Waals surface area contributed by atoms with Gasteiger partial charge in [0.25, 0.3) is 0 Å². The van der Waals surface area contributed by atoms with E-state index >= 15 is 0 Å². The van der Waals surface area contributed by atoms with Crippen molar-refractivity contribution in [3.63, 3.8) is 0 Å². The molecule has 3 nitrogen and oxygen atoms in total. The van der Waals surface area contributed by atoms with E-state index in [0.29, 0.717) is 5.82 Å². The number of nitrogen functional groups attached to an aromatic ring is 1. The van der Waals surface area contributed by atoms with Crippen LogP contribution in [-0.2, 0) is 6.42 Å². The summed E-state index contributed by atoms with van der Waals surface area (Å²) >= 11 is 0. The predicted molar refractivity (Wildman–Crippen MR) is 59.8 cm³/mol. The maximum absolute atomic E-state index is 6.07. The number of nitrogens with zero attached hydrogens (tertiary/aromatic N) is 1. The first-order valence-electron chi connectivity index (χ1n) is 4.86. The third-order valence-corrected chi connectivity index (χ3v) is 2.48. The van der Waals surface area contributed by atoms with Crippen molar-refractivity contribution < 1.29 is 0 Å². The standard InChI is InChI=1S/C11H19N3/c1-11(2,3)9(12)7-8-5-4-6-14-10(8)13/h4-6,9H,7,12H2,1-3H3,(H2,13,14). The van der Waals surface area contributed by atoms with Crippen LogP contribution < -0.4 is 11.5 Å². The van der Waals surface area contributed by atoms with Gasteiger partial charge in [-0.15, -0.1) is 0 Å². The number of rotatable bonds is 2. The van der Waals surface area contributed by atoms with Crippen LogP contribution >= 0.6 is 0 Å². The molecule has 0 aliphatic rings. The Morgan fingerprint density at radius 2 is 2.07 bits per heavy atom. The molecular formula is C11H19N3. The van der Waals surface area contributed by atoms with Crippen molar-refractivity contribution in [2.75, 3.05) is 5.73 Å². The second-order valence-corrected chi connectivity index (χ2v) is 4.72. The summed E-state index contributed by atoms with van der Waals surface area (Å²) in [6.45, 7) is 6.39. The third kappa shape index (κ3) is 2.70. The molecule has 0 aromatic carbocycles. The van der Waals surface area contributed by atoms with Crippen LogP contribution in [0.5, 0.6) is 0 Å². The van der Waals surface area contributed by atoms with Gasteiger partial charge in [-0.3, -0.25) is 0 Å². The lowest BCUT2D eigenvalue weighted by Gasteiger charge is -2.27. The Labute approximate surface area is 85.5 Å². The van der Waals surface area contributed by atoms with Crippen LogP contribution in [0.1, 0.15) is 26.3 Å². The molecule has 0 aliphatic carbocycles. The summed E-state index contributed by atoms with van der Waals surface area (Å²) in [6, 6.07) is 3.98. The second-order valence-electron chi connectivity index (χ2n) is 4.72. The highest BCUT2D eigenvalue weighted by Gasteiger charge is 2.21. The highest BCUT2D eigenvalue weighted by Crippen LogP contribution is 2.21. The average Bonchev–Trinajstić information content (AvgIpc) is 2.07. The fourth-order valence-corrected chi connectivity index (χ4v) is 1.17. The van der Waals surface area contributed by atoms with E-state index in [0.717, 1.165) is 12.0 Å². The molecule has 0 spiro atoms. The van der Waals surface area contributed by atoms with Gasteiger partial charge in [0.05, 0.1) is 0 Å². The van der Waals surface area contributed by atoms with Gasteiger partial charge < -0.3 is 11.5 Å². The monoisotopic (exact) mass is 193 g/mol. The molecule has 1 rings (SSSR count). The van der Waals surface area contributed by atoms with Gasteiger partial charge in [0.15, 0.2) is 0 Å². The molecule has 0 bridgehead atoms. The Morgan fingerprint density at radius 3 is 2.57 bits per heavy atom. The molecule has 3 heteroatoms. The van der Waals surface area contributed by atoms with Gasteiger partial charge in [0.2, 0.25) is 0 Å². The zero-order chi connectivity index (χ0) is 10.8. The quantitative estimate of drug-likeness (QED) is 0.749. The highest BCUT2D eigenvalue weighted by atomic mass is 14.8. The summed E-state index contributed by atoms with van der Waals surface area (Å²) < 4.78 is 0. The molecule has 1 unspecified atom stereocenters. The fourth-order valence-electron chi connectivity index (χ4n) is 1.17. The van der Waals surface area contributed by atoms with Crippen LogP contribution in [0.4, 0.5) is 5.82 Å². The lowest BCUT2D eigenvalue weighted by Crippen LogP contribution is -2.37. The maximum Gasteiger partial charge on any atom is 0.126 e. The van der Waals surface area contributed by atoms with Gasteiger partial charge in [0, 0.05) is 12.2 Å². The van der Waals surface area contributed by atoms with Crippen LogP contribution in [0, 0.1) is 5.41 Å². The van der Waals surface area contributed by atoms with Crippen LogP contribution in [0.25, 0.3) is 0 Å². The van der Waals surface area contributed by atoms with Crippen molar-refractivity contribution in [1.29, 1.82) is 0 Å². The predicted octanol–water partition coefficient (Wildman–Crippen LogP) is 1.58. The maximum atomic E-state index is 6.07. The molecule has 0 amide bonds. The van der Waals surface area contributed by atoms with E-state index in [-0.39, 0.29) is 11.5 Å². The highest BCUT2D eigenvalue weighted by molar-refractivity contribution is 5.38. The lowest BCUT2D eigenvalue weighted by molar-refractivity contribution is 0.318. The molecule has 0 radical (unpaired) electrons. The van der Waals surface area contributed by atoms with Gasteiger partial charge in [-0.2, -0.15) is 0 Å². The summed E-state index contributed by atoms with van der Waals surface area (Å²) in [6.07, 6.45) is 2.48. The van der Waals surface area contributed by atoms with Gasteiger partial charge in [-0.1, -0.05) is 26.8 Å². The van der Waals surface area contributed by atoms with E-state index in [2.05, 4.69) is 25.8 Å². The minimum atomic E-state index is 0.0995. The first kappa shape index (κ1) is 11.0. The van der Waals surface area contributed by atoms with Gasteiger partial charge in [-0.05, 0) is 23.5 Å². The Kier molecular flexibility index (Phi) is 3.11. The smallest absolute Gasteiger partial charge is 0.126 e. The first-order chi connectivity index (χ1) is 6.41. The van der Waals surface area contributed by atoms with E-state index < -0.39 is 0 Å². The largest absolute Gasteiger partial charge is 0.383 e. The van der Waals surface area contributed by atoms with Crippen LogP contribution in [0.3, 0.4) is 0 Å². The average molecular weight is 193 g/mol. The minimum Gasteiger partial charge on any atom is -0.383 e. The van der Waals surface area contributed by atoms with Crippen molar-refractivity contribution >= 4 is 5.82 Å². The van der Waals surface area contributed by atoms with E-state index in [1.165, 1.54) is 0 Å². The van der Waals surface area contributed by atoms with Crippen molar-refractivity contribution in [2.45, 2.75) is 33.2 Å². The lowest BCUT2D eigenvalue weighted by atomic mass is 9.84. The molecule has 1 heterocycles. The number of hydrogen-bond donors (Lipinski definition) is 2. The Hall–Kier alpha value is -1.09. The van der Waals surface area contributed by atoms with E-state index in [9.17, 15) is 0 Å². The van der Waals surface area contributed by atoms with Crippen molar-refractivity contribution in [1.82, 2.24) is 4.98 Å². The molecule has 0 saturated heterocycles. The Balaban J connectivity index is 2.75. The summed E-state index contributed by atoms with van der Waals surface area (Å²) in [7, 11) is 0. The molecule has 4 N–H and O–H groups in total. The summed E-state index contributed by atoms with van der Waals surface area (Å²) in [5.74, 6) is 0.590. The van der Waals surface area contributed by atoms with Gasteiger partial charge >= 0.3 is 0 Å². The zero-order valence-corrected chi connectivity index (χ0v) is 9.12. The third-order valence-electron chi connectivity index (χ3n) is 2.48. The number of aromatic nitrogens is 1. The normalized spacial score (nSPS) is 14.0. The molecule has 0 saturated carbocycles. The number of pyridine rings is 1. The Morgan fingerprint density at radius 1 is 1.43 bits per heavy atom. The summed E-state index contributed by atoms with van der Waals surface area (Å²) in [4.78, 5) is 4.04. The van der Waals surface area contributed by atoms with E-state index in [1.54, 1.807) is 6.20 Å². The summed E-state index contributed by atoms with van der Waals surface area (Å²) in [5.41, 5.74) is 13.0. The molecule has 78 valence electrons. The van der Waals surface area contributed by atoms with Gasteiger partial charge in [-0.25, -0.2) is 4.98 Å². The summed E-state index contributed by atoms with van der Waals surface area (Å²) in [5, 5.41) is 0. The number of nitrogens with two attached hydrogens (primary N) is 2. The fraction of sp³-hybridized carbons (Fsp3) is 0.545. The molecule has 1 aromatic heterocycles. The number of anilines is 1. The van der Waals surface area contributed by atoms with Gasteiger partial charge in [0.1, 0.15) is 5.82 Å².